The van der Waals surface area contributed by atoms with E-state index >= 15 is 0 Å². The van der Waals surface area contributed by atoms with Crippen molar-refractivity contribution in [3.05, 3.63) is 35.4 Å². The van der Waals surface area contributed by atoms with Gasteiger partial charge in [-0.15, -0.1) is 0 Å². The molecular weight excluding hydrogens is 212 g/mol. The molecule has 1 fully saturated rings. The second-order valence-corrected chi connectivity index (χ2v) is 5.66. The van der Waals surface area contributed by atoms with Crippen molar-refractivity contribution in [1.29, 1.82) is 0 Å². The highest BCUT2D eigenvalue weighted by molar-refractivity contribution is 5.94. The van der Waals surface area contributed by atoms with Crippen LogP contribution >= 0.6 is 0 Å². The number of carbonyl (C=O) groups excluding carboxylic acids is 1. The molecule has 1 aliphatic heterocycles. The van der Waals surface area contributed by atoms with Gasteiger partial charge in [-0.1, -0.05) is 32.9 Å². The maximum absolute atomic E-state index is 11.9. The summed E-state index contributed by atoms with van der Waals surface area (Å²) < 4.78 is 0. The fraction of sp³-hybridized carbons (Fsp3) is 0.500. The van der Waals surface area contributed by atoms with Crippen LogP contribution in [-0.4, -0.2) is 25.0 Å². The Morgan fingerprint density at radius 3 is 2.24 bits per heavy atom. The van der Waals surface area contributed by atoms with Crippen LogP contribution in [0.5, 0.6) is 0 Å². The number of hydrogen-bond donors (Lipinski definition) is 2. The van der Waals surface area contributed by atoms with E-state index in [9.17, 15) is 4.79 Å². The van der Waals surface area contributed by atoms with Gasteiger partial charge in [-0.05, 0) is 23.1 Å². The number of rotatable bonds is 2. The van der Waals surface area contributed by atoms with Gasteiger partial charge >= 0.3 is 0 Å². The fourth-order valence-electron chi connectivity index (χ4n) is 1.78. The van der Waals surface area contributed by atoms with Crippen molar-refractivity contribution in [1.82, 2.24) is 10.6 Å². The molecule has 17 heavy (non-hydrogen) atoms. The summed E-state index contributed by atoms with van der Waals surface area (Å²) in [5, 5.41) is 6.12. The van der Waals surface area contributed by atoms with Gasteiger partial charge in [0.1, 0.15) is 0 Å². The molecule has 0 spiro atoms. The Morgan fingerprint density at radius 2 is 1.82 bits per heavy atom. The van der Waals surface area contributed by atoms with Gasteiger partial charge in [0.25, 0.3) is 5.91 Å². The van der Waals surface area contributed by atoms with Crippen LogP contribution in [-0.2, 0) is 5.41 Å². The highest BCUT2D eigenvalue weighted by Crippen LogP contribution is 2.22. The Labute approximate surface area is 103 Å². The Balaban J connectivity index is 2.04. The van der Waals surface area contributed by atoms with Crippen molar-refractivity contribution < 1.29 is 4.79 Å². The van der Waals surface area contributed by atoms with Crippen molar-refractivity contribution in [2.24, 2.45) is 0 Å². The monoisotopic (exact) mass is 232 g/mol. The molecule has 3 heteroatoms. The fourth-order valence-corrected chi connectivity index (χ4v) is 1.78. The van der Waals surface area contributed by atoms with Gasteiger partial charge in [-0.3, -0.25) is 4.79 Å². The molecule has 0 atom stereocenters. The molecular formula is C14H20N2O. The highest BCUT2D eigenvalue weighted by atomic mass is 16.1. The van der Waals surface area contributed by atoms with Crippen LogP contribution in [0.2, 0.25) is 0 Å². The molecule has 92 valence electrons. The molecule has 0 bridgehead atoms. The normalized spacial score (nSPS) is 16.4. The van der Waals surface area contributed by atoms with Crippen molar-refractivity contribution in [3.63, 3.8) is 0 Å². The third-order valence-electron chi connectivity index (χ3n) is 3.13. The number of benzene rings is 1. The Bertz CT molecular complexity index is 399. The van der Waals surface area contributed by atoms with Crippen LogP contribution in [0, 0.1) is 0 Å². The number of amides is 1. The summed E-state index contributed by atoms with van der Waals surface area (Å²) in [6.45, 7) is 8.27. The molecule has 0 aliphatic carbocycles. The summed E-state index contributed by atoms with van der Waals surface area (Å²) in [6.07, 6.45) is 0. The molecule has 1 heterocycles. The molecule has 1 aromatic carbocycles. The summed E-state index contributed by atoms with van der Waals surface area (Å²) in [4.78, 5) is 11.9. The molecule has 0 aromatic heterocycles. The maximum Gasteiger partial charge on any atom is 0.251 e. The quantitative estimate of drug-likeness (QED) is 0.814. The van der Waals surface area contributed by atoms with E-state index in [-0.39, 0.29) is 11.3 Å². The lowest BCUT2D eigenvalue weighted by atomic mass is 9.86. The molecule has 0 saturated carbocycles. The largest absolute Gasteiger partial charge is 0.347 e. The first-order valence-electron chi connectivity index (χ1n) is 6.09. The van der Waals surface area contributed by atoms with Crippen LogP contribution in [0.3, 0.4) is 0 Å². The second-order valence-electron chi connectivity index (χ2n) is 5.66. The molecule has 1 amide bonds. The van der Waals surface area contributed by atoms with E-state index in [0.717, 1.165) is 18.7 Å². The molecule has 0 unspecified atom stereocenters. The van der Waals surface area contributed by atoms with E-state index in [1.165, 1.54) is 5.56 Å². The number of hydrogen-bond acceptors (Lipinski definition) is 2. The Morgan fingerprint density at radius 1 is 1.24 bits per heavy atom. The zero-order chi connectivity index (χ0) is 12.5. The SMILES string of the molecule is CC(C)(C)c1ccc(C(=O)NC2CNC2)cc1. The number of carbonyl (C=O) groups is 1. The Hall–Kier alpha value is -1.35. The predicted molar refractivity (Wildman–Crippen MR) is 69.3 cm³/mol. The van der Waals surface area contributed by atoms with E-state index < -0.39 is 0 Å². The standard InChI is InChI=1S/C14H20N2O/c1-14(2,3)11-6-4-10(5-7-11)13(17)16-12-8-15-9-12/h4-7,12,15H,8-9H2,1-3H3,(H,16,17). The van der Waals surface area contributed by atoms with Crippen LogP contribution in [0.1, 0.15) is 36.7 Å². The van der Waals surface area contributed by atoms with Crippen molar-refractivity contribution in [3.8, 4) is 0 Å². The summed E-state index contributed by atoms with van der Waals surface area (Å²) in [6, 6.07) is 8.18. The summed E-state index contributed by atoms with van der Waals surface area (Å²) >= 11 is 0. The average Bonchev–Trinajstić information content (AvgIpc) is 2.22. The lowest BCUT2D eigenvalue weighted by Gasteiger charge is -2.28. The predicted octanol–water partition coefficient (Wildman–Crippen LogP) is 1.69. The maximum atomic E-state index is 11.9. The van der Waals surface area contributed by atoms with Crippen molar-refractivity contribution in [2.75, 3.05) is 13.1 Å². The smallest absolute Gasteiger partial charge is 0.251 e. The van der Waals surface area contributed by atoms with Gasteiger partial charge in [-0.2, -0.15) is 0 Å². The first kappa shape index (κ1) is 12.1. The lowest BCUT2D eigenvalue weighted by Crippen LogP contribution is -2.56. The van der Waals surface area contributed by atoms with Crippen LogP contribution in [0.15, 0.2) is 24.3 Å². The summed E-state index contributed by atoms with van der Waals surface area (Å²) in [5.41, 5.74) is 2.12. The van der Waals surface area contributed by atoms with Gasteiger partial charge in [0, 0.05) is 18.7 Å². The van der Waals surface area contributed by atoms with Gasteiger partial charge in [0.15, 0.2) is 0 Å². The van der Waals surface area contributed by atoms with Crippen molar-refractivity contribution >= 4 is 5.91 Å². The zero-order valence-corrected chi connectivity index (χ0v) is 10.7. The molecule has 2 N–H and O–H groups in total. The van der Waals surface area contributed by atoms with Crippen LogP contribution < -0.4 is 10.6 Å². The lowest BCUT2D eigenvalue weighted by molar-refractivity contribution is 0.0924. The third-order valence-corrected chi connectivity index (χ3v) is 3.13. The van der Waals surface area contributed by atoms with E-state index in [0.29, 0.717) is 6.04 Å². The zero-order valence-electron chi connectivity index (χ0n) is 10.7. The minimum Gasteiger partial charge on any atom is -0.347 e. The van der Waals surface area contributed by atoms with Gasteiger partial charge < -0.3 is 10.6 Å². The van der Waals surface area contributed by atoms with Crippen LogP contribution in [0.25, 0.3) is 0 Å². The topological polar surface area (TPSA) is 41.1 Å². The molecule has 2 rings (SSSR count). The van der Waals surface area contributed by atoms with E-state index in [2.05, 4.69) is 31.4 Å². The van der Waals surface area contributed by atoms with Gasteiger partial charge in [0.05, 0.1) is 6.04 Å². The first-order valence-corrected chi connectivity index (χ1v) is 6.09. The number of nitrogens with one attached hydrogen (secondary N) is 2. The Kier molecular flexibility index (Phi) is 3.20. The van der Waals surface area contributed by atoms with Crippen molar-refractivity contribution in [2.45, 2.75) is 32.2 Å². The summed E-state index contributed by atoms with van der Waals surface area (Å²) in [7, 11) is 0. The molecule has 3 nitrogen and oxygen atoms in total. The van der Waals surface area contributed by atoms with E-state index in [1.54, 1.807) is 0 Å². The van der Waals surface area contributed by atoms with E-state index in [4.69, 9.17) is 0 Å². The van der Waals surface area contributed by atoms with Gasteiger partial charge in [-0.25, -0.2) is 0 Å². The molecule has 1 aliphatic rings. The van der Waals surface area contributed by atoms with Gasteiger partial charge in [0.2, 0.25) is 0 Å². The molecule has 1 aromatic rings. The minimum atomic E-state index is 0.0250. The van der Waals surface area contributed by atoms with E-state index in [1.807, 2.05) is 24.3 Å². The minimum absolute atomic E-state index is 0.0250. The second kappa shape index (κ2) is 4.49. The van der Waals surface area contributed by atoms with Crippen LogP contribution in [0.4, 0.5) is 0 Å². The average molecular weight is 232 g/mol. The molecule has 1 saturated heterocycles. The summed E-state index contributed by atoms with van der Waals surface area (Å²) in [5.74, 6) is 0.0250. The highest BCUT2D eigenvalue weighted by Gasteiger charge is 2.20. The first-order chi connectivity index (χ1) is 7.97. The molecule has 0 radical (unpaired) electrons. The third kappa shape index (κ3) is 2.86.